The summed E-state index contributed by atoms with van der Waals surface area (Å²) in [6, 6.07) is 0. The average Bonchev–Trinajstić information content (AvgIpc) is 3.07. The molecule has 0 spiro atoms. The van der Waals surface area contributed by atoms with E-state index in [-0.39, 0.29) is 36.1 Å². The van der Waals surface area contributed by atoms with Gasteiger partial charge in [0.15, 0.2) is 11.7 Å². The van der Waals surface area contributed by atoms with Crippen LogP contribution in [0, 0.1) is 0 Å². The van der Waals surface area contributed by atoms with Crippen molar-refractivity contribution in [3.8, 4) is 0 Å². The summed E-state index contributed by atoms with van der Waals surface area (Å²) in [6.07, 6.45) is -1.76. The number of aryl methyl sites for hydroxylation is 2. The summed E-state index contributed by atoms with van der Waals surface area (Å²) in [5, 5.41) is 13.4. The Balaban J connectivity index is 0.00000312. The summed E-state index contributed by atoms with van der Waals surface area (Å²) in [4.78, 5) is 8.24. The van der Waals surface area contributed by atoms with Gasteiger partial charge in [0.1, 0.15) is 12.2 Å². The van der Waals surface area contributed by atoms with Crippen molar-refractivity contribution in [2.45, 2.75) is 26.2 Å². The molecule has 2 aromatic rings. The quantitative estimate of drug-likeness (QED) is 0.391. The summed E-state index contributed by atoms with van der Waals surface area (Å²) >= 11 is 0. The van der Waals surface area contributed by atoms with Crippen LogP contribution >= 0.6 is 24.0 Å². The van der Waals surface area contributed by atoms with E-state index >= 15 is 0 Å². The van der Waals surface area contributed by atoms with Gasteiger partial charge in [0.2, 0.25) is 0 Å². The van der Waals surface area contributed by atoms with Gasteiger partial charge in [-0.05, 0) is 6.92 Å². The molecule has 2 rings (SSSR count). The molecule has 0 saturated carbocycles. The highest BCUT2D eigenvalue weighted by Crippen LogP contribution is 2.30. The number of halogens is 4. The molecule has 0 fully saturated rings. The van der Waals surface area contributed by atoms with Gasteiger partial charge in [0.05, 0.1) is 13.1 Å². The van der Waals surface area contributed by atoms with Crippen molar-refractivity contribution in [3.05, 3.63) is 29.6 Å². The van der Waals surface area contributed by atoms with Crippen molar-refractivity contribution in [2.75, 3.05) is 6.54 Å². The molecule has 8 nitrogen and oxygen atoms in total. The number of hydrogen-bond acceptors (Lipinski definition) is 4. The molecule has 12 heteroatoms. The number of rotatable bonds is 5. The second-order valence-corrected chi connectivity index (χ2v) is 5.02. The van der Waals surface area contributed by atoms with Gasteiger partial charge in [-0.25, -0.2) is 9.98 Å². The lowest BCUT2D eigenvalue weighted by molar-refractivity contribution is -0.142. The van der Waals surface area contributed by atoms with Crippen LogP contribution in [0.5, 0.6) is 0 Å². The van der Waals surface area contributed by atoms with Gasteiger partial charge in [-0.15, -0.1) is 24.0 Å². The molecule has 0 aliphatic heterocycles. The van der Waals surface area contributed by atoms with Crippen LogP contribution in [-0.4, -0.2) is 37.0 Å². The molecule has 0 aliphatic rings. The fraction of sp³-hybridized carbons (Fsp3) is 0.538. The molecule has 0 aliphatic carbocycles. The van der Waals surface area contributed by atoms with Crippen LogP contribution in [0.15, 0.2) is 17.5 Å². The Bertz CT molecular complexity index is 706. The first kappa shape index (κ1) is 21.2. The Hall–Kier alpha value is -1.86. The van der Waals surface area contributed by atoms with E-state index < -0.39 is 11.9 Å². The molecule has 2 heterocycles. The summed E-state index contributed by atoms with van der Waals surface area (Å²) in [6.45, 7) is 2.65. The third-order valence-electron chi connectivity index (χ3n) is 3.14. The summed E-state index contributed by atoms with van der Waals surface area (Å²) in [5.74, 6) is 1.07. The molecule has 0 aromatic carbocycles. The molecule has 25 heavy (non-hydrogen) atoms. The van der Waals surface area contributed by atoms with E-state index in [4.69, 9.17) is 0 Å². The zero-order valence-corrected chi connectivity index (χ0v) is 16.3. The smallest absolute Gasteiger partial charge is 0.357 e. The van der Waals surface area contributed by atoms with Crippen LogP contribution in [0.25, 0.3) is 0 Å². The largest absolute Gasteiger partial charge is 0.435 e. The number of nitrogens with one attached hydrogen (secondary N) is 2. The Morgan fingerprint density at radius 1 is 1.28 bits per heavy atom. The van der Waals surface area contributed by atoms with Gasteiger partial charge in [-0.3, -0.25) is 9.36 Å². The molecule has 0 unspecified atom stereocenters. The molecule has 0 bridgehead atoms. The molecule has 2 aromatic heterocycles. The molecule has 140 valence electrons. The van der Waals surface area contributed by atoms with Gasteiger partial charge in [-0.1, -0.05) is 0 Å². The number of aliphatic imine (C=N–C) groups is 1. The van der Waals surface area contributed by atoms with E-state index in [0.29, 0.717) is 24.9 Å². The standard InChI is InChI=1S/C13H19F3N8.HI/c1-4-17-12(19-6-10-20-8-21-24(10)3)18-5-9-7-23(2)22-11(9)13(14,15)16;/h7-8H,4-6H2,1-3H3,(H2,17,18,19);1H. The zero-order valence-electron chi connectivity index (χ0n) is 14.0. The predicted octanol–water partition coefficient (Wildman–Crippen LogP) is 1.44. The van der Waals surface area contributed by atoms with Crippen molar-refractivity contribution in [1.29, 1.82) is 0 Å². The van der Waals surface area contributed by atoms with Gasteiger partial charge in [0, 0.05) is 32.4 Å². The van der Waals surface area contributed by atoms with E-state index in [9.17, 15) is 13.2 Å². The van der Waals surface area contributed by atoms with Crippen molar-refractivity contribution >= 4 is 29.9 Å². The zero-order chi connectivity index (χ0) is 17.7. The van der Waals surface area contributed by atoms with E-state index in [1.54, 1.807) is 11.7 Å². The number of guanidine groups is 1. The Morgan fingerprint density at radius 3 is 2.56 bits per heavy atom. The van der Waals surface area contributed by atoms with Gasteiger partial charge >= 0.3 is 6.18 Å². The summed E-state index contributed by atoms with van der Waals surface area (Å²) < 4.78 is 41.5. The van der Waals surface area contributed by atoms with Crippen LogP contribution in [-0.2, 0) is 33.4 Å². The topological polar surface area (TPSA) is 84.9 Å². The molecule has 0 atom stereocenters. The van der Waals surface area contributed by atoms with Gasteiger partial charge in [-0.2, -0.15) is 23.4 Å². The lowest BCUT2D eigenvalue weighted by Gasteiger charge is -2.11. The third-order valence-corrected chi connectivity index (χ3v) is 3.14. The fourth-order valence-corrected chi connectivity index (χ4v) is 2.04. The SMILES string of the molecule is CCNC(=NCc1cn(C)nc1C(F)(F)F)NCc1ncnn1C.I. The second-order valence-electron chi connectivity index (χ2n) is 5.02. The van der Waals surface area contributed by atoms with Crippen LogP contribution < -0.4 is 10.6 Å². The van der Waals surface area contributed by atoms with Crippen molar-refractivity contribution in [2.24, 2.45) is 19.1 Å². The highest BCUT2D eigenvalue weighted by atomic mass is 127. The Kier molecular flexibility index (Phi) is 7.63. The van der Waals surface area contributed by atoms with Crippen LogP contribution in [0.2, 0.25) is 0 Å². The Morgan fingerprint density at radius 2 is 2.00 bits per heavy atom. The maximum Gasteiger partial charge on any atom is 0.435 e. The van der Waals surface area contributed by atoms with Crippen molar-refractivity contribution < 1.29 is 13.2 Å². The van der Waals surface area contributed by atoms with Gasteiger partial charge < -0.3 is 10.6 Å². The number of nitrogens with zero attached hydrogens (tertiary/aromatic N) is 6. The monoisotopic (exact) mass is 472 g/mol. The molecule has 0 amide bonds. The van der Waals surface area contributed by atoms with E-state index in [0.717, 1.165) is 4.68 Å². The fourth-order valence-electron chi connectivity index (χ4n) is 2.04. The van der Waals surface area contributed by atoms with Crippen LogP contribution in [0.3, 0.4) is 0 Å². The number of aromatic nitrogens is 5. The first-order valence-corrected chi connectivity index (χ1v) is 7.26. The minimum atomic E-state index is -4.50. The Labute approximate surface area is 159 Å². The van der Waals surface area contributed by atoms with Crippen LogP contribution in [0.4, 0.5) is 13.2 Å². The maximum absolute atomic E-state index is 12.9. The van der Waals surface area contributed by atoms with Gasteiger partial charge in [0.25, 0.3) is 0 Å². The minimum absolute atomic E-state index is 0. The van der Waals surface area contributed by atoms with E-state index in [1.807, 2.05) is 6.92 Å². The molecule has 2 N–H and O–H groups in total. The molecular formula is C13H20F3IN8. The number of hydrogen-bond donors (Lipinski definition) is 2. The maximum atomic E-state index is 12.9. The predicted molar refractivity (Wildman–Crippen MR) is 96.3 cm³/mol. The minimum Gasteiger partial charge on any atom is -0.357 e. The average molecular weight is 472 g/mol. The summed E-state index contributed by atoms with van der Waals surface area (Å²) in [7, 11) is 3.19. The van der Waals surface area contributed by atoms with Crippen molar-refractivity contribution in [1.82, 2.24) is 35.2 Å². The normalized spacial score (nSPS) is 12.0. The molecule has 0 radical (unpaired) electrons. The highest BCUT2D eigenvalue weighted by Gasteiger charge is 2.36. The lowest BCUT2D eigenvalue weighted by Crippen LogP contribution is -2.37. The third kappa shape index (κ3) is 5.86. The van der Waals surface area contributed by atoms with Crippen LogP contribution in [0.1, 0.15) is 24.0 Å². The van der Waals surface area contributed by atoms with E-state index in [1.165, 1.54) is 19.6 Å². The number of alkyl halides is 3. The molecular weight excluding hydrogens is 452 g/mol. The van der Waals surface area contributed by atoms with E-state index in [2.05, 4.69) is 30.8 Å². The first-order chi connectivity index (χ1) is 11.3. The lowest BCUT2D eigenvalue weighted by atomic mass is 10.2. The van der Waals surface area contributed by atoms with Crippen molar-refractivity contribution in [3.63, 3.8) is 0 Å². The highest BCUT2D eigenvalue weighted by molar-refractivity contribution is 14.0. The summed E-state index contributed by atoms with van der Waals surface area (Å²) in [5.41, 5.74) is -0.904. The first-order valence-electron chi connectivity index (χ1n) is 7.26. The molecule has 0 saturated heterocycles. The second kappa shape index (κ2) is 9.01.